The van der Waals surface area contributed by atoms with Crippen LogP contribution in [0.2, 0.25) is 0 Å². The predicted molar refractivity (Wildman–Crippen MR) is 58.1 cm³/mol. The van der Waals surface area contributed by atoms with Crippen molar-refractivity contribution in [3.63, 3.8) is 0 Å². The second kappa shape index (κ2) is 4.46. The van der Waals surface area contributed by atoms with E-state index in [1.165, 1.54) is 44.9 Å². The Kier molecular flexibility index (Phi) is 3.25. The summed E-state index contributed by atoms with van der Waals surface area (Å²) in [4.78, 5) is 11.9. The van der Waals surface area contributed by atoms with Gasteiger partial charge < -0.3 is 0 Å². The molecule has 0 saturated heterocycles. The van der Waals surface area contributed by atoms with Gasteiger partial charge in [-0.3, -0.25) is 4.79 Å². The monoisotopic (exact) mass is 194 g/mol. The van der Waals surface area contributed by atoms with Crippen molar-refractivity contribution in [1.82, 2.24) is 0 Å². The molecular weight excluding hydrogens is 172 g/mol. The first kappa shape index (κ1) is 10.2. The lowest BCUT2D eigenvalue weighted by Crippen LogP contribution is -2.14. The first-order chi connectivity index (χ1) is 6.75. The average molecular weight is 194 g/mol. The summed E-state index contributed by atoms with van der Waals surface area (Å²) < 4.78 is 0. The molecule has 0 spiro atoms. The molecule has 2 fully saturated rings. The Bertz CT molecular complexity index is 203. The summed E-state index contributed by atoms with van der Waals surface area (Å²) in [5.41, 5.74) is 0. The van der Waals surface area contributed by atoms with Crippen LogP contribution in [0.3, 0.4) is 0 Å². The lowest BCUT2D eigenvalue weighted by atomic mass is 9.92. The summed E-state index contributed by atoms with van der Waals surface area (Å²) >= 11 is 0. The first-order valence-electron chi connectivity index (χ1n) is 6.28. The van der Waals surface area contributed by atoms with Gasteiger partial charge >= 0.3 is 0 Å². The molecule has 0 bridgehead atoms. The van der Waals surface area contributed by atoms with E-state index in [1.54, 1.807) is 0 Å². The Morgan fingerprint density at radius 2 is 1.86 bits per heavy atom. The Balaban J connectivity index is 1.77. The molecule has 2 saturated carbocycles. The fourth-order valence-electron chi connectivity index (χ4n) is 3.17. The summed E-state index contributed by atoms with van der Waals surface area (Å²) in [6.07, 6.45) is 9.87. The van der Waals surface area contributed by atoms with E-state index >= 15 is 0 Å². The van der Waals surface area contributed by atoms with Gasteiger partial charge in [0.2, 0.25) is 0 Å². The predicted octanol–water partition coefficient (Wildman–Crippen LogP) is 3.57. The van der Waals surface area contributed by atoms with E-state index < -0.39 is 0 Å². The van der Waals surface area contributed by atoms with Crippen LogP contribution in [0.4, 0.5) is 0 Å². The van der Waals surface area contributed by atoms with Crippen molar-refractivity contribution < 1.29 is 4.79 Å². The van der Waals surface area contributed by atoms with Crippen LogP contribution in [0.5, 0.6) is 0 Å². The van der Waals surface area contributed by atoms with Crippen molar-refractivity contribution in [2.24, 2.45) is 17.8 Å². The van der Waals surface area contributed by atoms with Gasteiger partial charge in [-0.1, -0.05) is 32.6 Å². The zero-order valence-electron chi connectivity index (χ0n) is 9.30. The van der Waals surface area contributed by atoms with Gasteiger partial charge in [0.15, 0.2) is 0 Å². The third-order valence-electron chi connectivity index (χ3n) is 4.11. The summed E-state index contributed by atoms with van der Waals surface area (Å²) in [6.45, 7) is 2.28. The minimum atomic E-state index is 0.436. The van der Waals surface area contributed by atoms with E-state index in [0.29, 0.717) is 11.7 Å². The zero-order valence-corrected chi connectivity index (χ0v) is 9.30. The highest BCUT2D eigenvalue weighted by molar-refractivity contribution is 5.81. The Hall–Kier alpha value is -0.330. The van der Waals surface area contributed by atoms with E-state index in [1.807, 2.05) is 0 Å². The molecule has 0 amide bonds. The minimum Gasteiger partial charge on any atom is -0.299 e. The fourth-order valence-corrected chi connectivity index (χ4v) is 3.17. The molecule has 1 heteroatoms. The highest BCUT2D eigenvalue weighted by Crippen LogP contribution is 2.35. The quantitative estimate of drug-likeness (QED) is 0.671. The van der Waals surface area contributed by atoms with Gasteiger partial charge in [0.05, 0.1) is 0 Å². The smallest absolute Gasteiger partial charge is 0.136 e. The Labute approximate surface area is 87.3 Å². The maximum Gasteiger partial charge on any atom is 0.136 e. The first-order valence-corrected chi connectivity index (χ1v) is 6.28. The van der Waals surface area contributed by atoms with E-state index in [4.69, 9.17) is 0 Å². The largest absolute Gasteiger partial charge is 0.299 e. The summed E-state index contributed by atoms with van der Waals surface area (Å²) in [5.74, 6) is 2.57. The number of rotatable bonds is 3. The third kappa shape index (κ3) is 2.37. The summed E-state index contributed by atoms with van der Waals surface area (Å²) in [7, 11) is 0. The molecule has 0 radical (unpaired) electrons. The molecule has 0 aliphatic heterocycles. The van der Waals surface area contributed by atoms with Crippen molar-refractivity contribution in [1.29, 1.82) is 0 Å². The van der Waals surface area contributed by atoms with Crippen LogP contribution in [0.1, 0.15) is 58.3 Å². The second-order valence-corrected chi connectivity index (χ2v) is 5.44. The van der Waals surface area contributed by atoms with Crippen molar-refractivity contribution in [2.45, 2.75) is 58.3 Å². The van der Waals surface area contributed by atoms with Crippen LogP contribution in [-0.2, 0) is 4.79 Å². The van der Waals surface area contributed by atoms with Crippen LogP contribution in [0.25, 0.3) is 0 Å². The highest BCUT2D eigenvalue weighted by Gasteiger charge is 2.29. The molecule has 2 unspecified atom stereocenters. The Morgan fingerprint density at radius 3 is 2.43 bits per heavy atom. The summed E-state index contributed by atoms with van der Waals surface area (Å²) in [6, 6.07) is 0. The van der Waals surface area contributed by atoms with Crippen molar-refractivity contribution in [3.05, 3.63) is 0 Å². The van der Waals surface area contributed by atoms with Gasteiger partial charge in [-0.25, -0.2) is 0 Å². The molecule has 14 heavy (non-hydrogen) atoms. The molecule has 1 nitrogen and oxygen atoms in total. The number of hydrogen-bond acceptors (Lipinski definition) is 1. The van der Waals surface area contributed by atoms with E-state index in [9.17, 15) is 4.79 Å². The zero-order chi connectivity index (χ0) is 9.97. The molecule has 2 atom stereocenters. The van der Waals surface area contributed by atoms with Crippen molar-refractivity contribution >= 4 is 5.78 Å². The third-order valence-corrected chi connectivity index (χ3v) is 4.11. The van der Waals surface area contributed by atoms with Crippen LogP contribution >= 0.6 is 0 Å². The molecule has 0 aromatic heterocycles. The SMILES string of the molecule is CC1CCC(C(=O)CC2CCCC2)C1. The standard InChI is InChI=1S/C13H22O/c1-10-6-7-12(8-10)13(14)9-11-4-2-3-5-11/h10-12H,2-9H2,1H3. The lowest BCUT2D eigenvalue weighted by Gasteiger charge is -2.12. The van der Waals surface area contributed by atoms with Gasteiger partial charge in [-0.05, 0) is 31.1 Å². The van der Waals surface area contributed by atoms with E-state index in [-0.39, 0.29) is 0 Å². The maximum absolute atomic E-state index is 11.9. The number of ketones is 1. The number of carbonyl (C=O) groups is 1. The number of carbonyl (C=O) groups excluding carboxylic acids is 1. The molecule has 0 heterocycles. The average Bonchev–Trinajstić information content (AvgIpc) is 2.75. The van der Waals surface area contributed by atoms with Crippen molar-refractivity contribution in [3.8, 4) is 0 Å². The second-order valence-electron chi connectivity index (χ2n) is 5.44. The molecule has 2 aliphatic rings. The molecule has 2 aliphatic carbocycles. The maximum atomic E-state index is 11.9. The molecule has 80 valence electrons. The van der Waals surface area contributed by atoms with Gasteiger partial charge in [0.25, 0.3) is 0 Å². The summed E-state index contributed by atoms with van der Waals surface area (Å²) in [5, 5.41) is 0. The van der Waals surface area contributed by atoms with E-state index in [2.05, 4.69) is 6.92 Å². The van der Waals surface area contributed by atoms with Crippen LogP contribution in [0, 0.1) is 17.8 Å². The number of Topliss-reactive ketones (excluding diaryl/α,β-unsaturated/α-hetero) is 1. The van der Waals surface area contributed by atoms with Gasteiger partial charge in [0, 0.05) is 12.3 Å². The highest BCUT2D eigenvalue weighted by atomic mass is 16.1. The van der Waals surface area contributed by atoms with Crippen LogP contribution in [-0.4, -0.2) is 5.78 Å². The van der Waals surface area contributed by atoms with Crippen molar-refractivity contribution in [2.75, 3.05) is 0 Å². The van der Waals surface area contributed by atoms with Gasteiger partial charge in [0.1, 0.15) is 5.78 Å². The van der Waals surface area contributed by atoms with Gasteiger partial charge in [-0.15, -0.1) is 0 Å². The molecule has 2 rings (SSSR count). The van der Waals surface area contributed by atoms with Crippen LogP contribution < -0.4 is 0 Å². The molecule has 0 aromatic rings. The topological polar surface area (TPSA) is 17.1 Å². The fraction of sp³-hybridized carbons (Fsp3) is 0.923. The Morgan fingerprint density at radius 1 is 1.14 bits per heavy atom. The molecule has 0 aromatic carbocycles. The number of hydrogen-bond donors (Lipinski definition) is 0. The van der Waals surface area contributed by atoms with E-state index in [0.717, 1.165) is 18.3 Å². The van der Waals surface area contributed by atoms with Crippen LogP contribution in [0.15, 0.2) is 0 Å². The van der Waals surface area contributed by atoms with Gasteiger partial charge in [-0.2, -0.15) is 0 Å². The minimum absolute atomic E-state index is 0.436. The molecule has 0 N–H and O–H groups in total. The normalized spacial score (nSPS) is 33.8. The lowest BCUT2D eigenvalue weighted by molar-refractivity contribution is -0.123. The molecular formula is C13H22O.